The van der Waals surface area contributed by atoms with E-state index in [0.717, 1.165) is 16.9 Å². The summed E-state index contributed by atoms with van der Waals surface area (Å²) in [5, 5.41) is 3.31. The fraction of sp³-hybridized carbons (Fsp3) is 0.615. The van der Waals surface area contributed by atoms with Crippen molar-refractivity contribution in [2.45, 2.75) is 12.7 Å². The van der Waals surface area contributed by atoms with Gasteiger partial charge >= 0.3 is 6.18 Å². The SMILES string of the molecule is CN(CC(=O)N1CCOCC1)C(=O)Cn1ccc(C(F)(F)F)n1. The number of amides is 2. The fourth-order valence-corrected chi connectivity index (χ4v) is 2.06. The van der Waals surface area contributed by atoms with Crippen molar-refractivity contribution in [3.05, 3.63) is 18.0 Å². The molecule has 1 saturated heterocycles. The normalized spacial score (nSPS) is 15.6. The lowest BCUT2D eigenvalue weighted by Gasteiger charge is -2.28. The monoisotopic (exact) mass is 334 g/mol. The number of rotatable bonds is 4. The van der Waals surface area contributed by atoms with Crippen LogP contribution in [0.3, 0.4) is 0 Å². The highest BCUT2D eigenvalue weighted by Crippen LogP contribution is 2.27. The first-order valence-electron chi connectivity index (χ1n) is 6.97. The number of hydrogen-bond acceptors (Lipinski definition) is 4. The van der Waals surface area contributed by atoms with Crippen molar-refractivity contribution in [1.82, 2.24) is 19.6 Å². The molecule has 7 nitrogen and oxygen atoms in total. The summed E-state index contributed by atoms with van der Waals surface area (Å²) in [5.41, 5.74) is -1.06. The van der Waals surface area contributed by atoms with Crippen molar-refractivity contribution >= 4 is 11.8 Å². The molecule has 0 radical (unpaired) electrons. The second-order valence-corrected chi connectivity index (χ2v) is 5.14. The number of halogens is 3. The molecule has 2 amide bonds. The van der Waals surface area contributed by atoms with E-state index in [0.29, 0.717) is 26.3 Å². The zero-order valence-electron chi connectivity index (χ0n) is 12.5. The van der Waals surface area contributed by atoms with Crippen LogP contribution in [0, 0.1) is 0 Å². The molecule has 0 bridgehead atoms. The first-order valence-corrected chi connectivity index (χ1v) is 6.97. The molecule has 1 aliphatic rings. The number of carbonyl (C=O) groups excluding carboxylic acids is 2. The number of aromatic nitrogens is 2. The molecule has 0 aromatic carbocycles. The van der Waals surface area contributed by atoms with Gasteiger partial charge in [0.1, 0.15) is 6.54 Å². The number of hydrogen-bond donors (Lipinski definition) is 0. The van der Waals surface area contributed by atoms with Crippen LogP contribution in [0.1, 0.15) is 5.69 Å². The molecule has 0 atom stereocenters. The molecule has 0 saturated carbocycles. The van der Waals surface area contributed by atoms with Crippen molar-refractivity contribution in [3.8, 4) is 0 Å². The Hall–Kier alpha value is -2.10. The fourth-order valence-electron chi connectivity index (χ4n) is 2.06. The molecule has 1 aromatic rings. The largest absolute Gasteiger partial charge is 0.435 e. The summed E-state index contributed by atoms with van der Waals surface area (Å²) in [7, 11) is 1.43. The van der Waals surface area contributed by atoms with E-state index < -0.39 is 17.8 Å². The minimum absolute atomic E-state index is 0.133. The second kappa shape index (κ2) is 6.99. The molecular formula is C13H17F3N4O3. The van der Waals surface area contributed by atoms with Crippen LogP contribution in [0.4, 0.5) is 13.2 Å². The van der Waals surface area contributed by atoms with E-state index in [1.807, 2.05) is 0 Å². The van der Waals surface area contributed by atoms with Gasteiger partial charge in [0.2, 0.25) is 11.8 Å². The zero-order chi connectivity index (χ0) is 17.0. The Balaban J connectivity index is 1.87. The summed E-state index contributed by atoms with van der Waals surface area (Å²) in [4.78, 5) is 26.7. The third-order valence-corrected chi connectivity index (χ3v) is 3.39. The van der Waals surface area contributed by atoms with Gasteiger partial charge in [-0.25, -0.2) is 0 Å². The topological polar surface area (TPSA) is 67.7 Å². The molecule has 0 aliphatic carbocycles. The van der Waals surface area contributed by atoms with Crippen molar-refractivity contribution in [2.75, 3.05) is 39.9 Å². The number of morpholine rings is 1. The van der Waals surface area contributed by atoms with Gasteiger partial charge in [0.15, 0.2) is 5.69 Å². The van der Waals surface area contributed by atoms with Crippen molar-refractivity contribution in [3.63, 3.8) is 0 Å². The van der Waals surface area contributed by atoms with E-state index in [1.165, 1.54) is 11.9 Å². The molecule has 0 unspecified atom stereocenters. The Bertz CT molecular complexity index is 567. The minimum atomic E-state index is -4.55. The molecule has 1 fully saturated rings. The standard InChI is InChI=1S/C13H17F3N4O3/c1-18(8-12(22)19-4-6-23-7-5-19)11(21)9-20-3-2-10(17-20)13(14,15)16/h2-3H,4-9H2,1H3. The van der Waals surface area contributed by atoms with Crippen LogP contribution < -0.4 is 0 Å². The number of alkyl halides is 3. The van der Waals surface area contributed by atoms with Crippen LogP contribution in [0.5, 0.6) is 0 Å². The Morgan fingerprint density at radius 3 is 2.57 bits per heavy atom. The van der Waals surface area contributed by atoms with Crippen molar-refractivity contribution in [1.29, 1.82) is 0 Å². The molecule has 128 valence electrons. The third-order valence-electron chi connectivity index (χ3n) is 3.39. The van der Waals surface area contributed by atoms with E-state index in [9.17, 15) is 22.8 Å². The third kappa shape index (κ3) is 4.68. The smallest absolute Gasteiger partial charge is 0.378 e. The Kier molecular flexibility index (Phi) is 5.24. The summed E-state index contributed by atoms with van der Waals surface area (Å²) in [6.45, 7) is 1.35. The average molecular weight is 334 g/mol. The highest BCUT2D eigenvalue weighted by Gasteiger charge is 2.33. The number of carbonyl (C=O) groups is 2. The van der Waals surface area contributed by atoms with Gasteiger partial charge in [0, 0.05) is 26.3 Å². The second-order valence-electron chi connectivity index (χ2n) is 5.14. The van der Waals surface area contributed by atoms with Gasteiger partial charge in [-0.2, -0.15) is 18.3 Å². The van der Waals surface area contributed by atoms with Gasteiger partial charge in [-0.05, 0) is 6.07 Å². The summed E-state index contributed by atoms with van der Waals surface area (Å²) in [6, 6.07) is 0.798. The van der Waals surface area contributed by atoms with Gasteiger partial charge in [0.05, 0.1) is 19.8 Å². The van der Waals surface area contributed by atoms with Crippen LogP contribution in [0.2, 0.25) is 0 Å². The lowest BCUT2D eigenvalue weighted by molar-refractivity contribution is -0.143. The first-order chi connectivity index (χ1) is 10.8. The number of ether oxygens (including phenoxy) is 1. The average Bonchev–Trinajstić information content (AvgIpc) is 2.96. The summed E-state index contributed by atoms with van der Waals surface area (Å²) < 4.78 is 43.4. The number of nitrogens with zero attached hydrogens (tertiary/aromatic N) is 4. The van der Waals surface area contributed by atoms with E-state index in [4.69, 9.17) is 4.74 Å². The molecule has 23 heavy (non-hydrogen) atoms. The van der Waals surface area contributed by atoms with Crippen molar-refractivity contribution in [2.24, 2.45) is 0 Å². The highest BCUT2D eigenvalue weighted by molar-refractivity contribution is 5.84. The van der Waals surface area contributed by atoms with Gasteiger partial charge in [-0.15, -0.1) is 0 Å². The molecule has 1 aliphatic heterocycles. The number of likely N-dealkylation sites (N-methyl/N-ethyl adjacent to an activating group) is 1. The molecule has 1 aromatic heterocycles. The van der Waals surface area contributed by atoms with Crippen molar-refractivity contribution < 1.29 is 27.5 Å². The van der Waals surface area contributed by atoms with Crippen LogP contribution >= 0.6 is 0 Å². The van der Waals surface area contributed by atoms with E-state index in [-0.39, 0.29) is 19.0 Å². The maximum atomic E-state index is 12.4. The van der Waals surface area contributed by atoms with Gasteiger partial charge in [0.25, 0.3) is 0 Å². The van der Waals surface area contributed by atoms with E-state index in [1.54, 1.807) is 4.90 Å². The van der Waals surface area contributed by atoms with E-state index in [2.05, 4.69) is 5.10 Å². The van der Waals surface area contributed by atoms with Crippen LogP contribution in [-0.4, -0.2) is 71.3 Å². The van der Waals surface area contributed by atoms with Gasteiger partial charge < -0.3 is 14.5 Å². The molecule has 10 heteroatoms. The van der Waals surface area contributed by atoms with Gasteiger partial charge in [-0.3, -0.25) is 14.3 Å². The predicted octanol–water partition coefficient (Wildman–Crippen LogP) is 0.219. The summed E-state index contributed by atoms with van der Waals surface area (Å²) >= 11 is 0. The summed E-state index contributed by atoms with van der Waals surface area (Å²) in [6.07, 6.45) is -3.47. The lowest BCUT2D eigenvalue weighted by atomic mass is 10.3. The quantitative estimate of drug-likeness (QED) is 0.790. The van der Waals surface area contributed by atoms with Crippen LogP contribution in [0.25, 0.3) is 0 Å². The molecule has 2 heterocycles. The predicted molar refractivity (Wildman–Crippen MR) is 72.3 cm³/mol. The molecule has 0 spiro atoms. The summed E-state index contributed by atoms with van der Waals surface area (Å²) in [5.74, 6) is -0.718. The molecular weight excluding hydrogens is 317 g/mol. The maximum absolute atomic E-state index is 12.4. The van der Waals surface area contributed by atoms with Gasteiger partial charge in [-0.1, -0.05) is 0 Å². The highest BCUT2D eigenvalue weighted by atomic mass is 19.4. The first kappa shape index (κ1) is 17.3. The van der Waals surface area contributed by atoms with Crippen LogP contribution in [-0.2, 0) is 27.0 Å². The lowest BCUT2D eigenvalue weighted by Crippen LogP contribution is -2.46. The molecule has 0 N–H and O–H groups in total. The maximum Gasteiger partial charge on any atom is 0.435 e. The Morgan fingerprint density at radius 1 is 1.35 bits per heavy atom. The Morgan fingerprint density at radius 2 is 2.00 bits per heavy atom. The van der Waals surface area contributed by atoms with E-state index >= 15 is 0 Å². The molecule has 2 rings (SSSR count). The Labute approximate surface area is 130 Å². The van der Waals surface area contributed by atoms with Crippen LogP contribution in [0.15, 0.2) is 12.3 Å². The zero-order valence-corrected chi connectivity index (χ0v) is 12.5. The minimum Gasteiger partial charge on any atom is -0.378 e.